The van der Waals surface area contributed by atoms with E-state index >= 15 is 0 Å². The lowest BCUT2D eigenvalue weighted by atomic mass is 9.98. The van der Waals surface area contributed by atoms with Gasteiger partial charge in [0.25, 0.3) is 0 Å². The van der Waals surface area contributed by atoms with Crippen LogP contribution in [0.4, 0.5) is 10.5 Å². The Morgan fingerprint density at radius 2 is 1.62 bits per heavy atom. The summed E-state index contributed by atoms with van der Waals surface area (Å²) in [6.07, 6.45) is -0.581. The molecule has 0 heterocycles. The number of rotatable bonds is 7. The number of amides is 2. The predicted molar refractivity (Wildman–Crippen MR) is 137 cm³/mol. The molecular weight excluding hydrogens is 547 g/mol. The van der Waals surface area contributed by atoms with Crippen LogP contribution in [-0.4, -0.2) is 35.7 Å². The van der Waals surface area contributed by atoms with E-state index in [-0.39, 0.29) is 30.4 Å². The van der Waals surface area contributed by atoms with E-state index in [4.69, 9.17) is 9.84 Å². The smallest absolute Gasteiger partial charge is 0.407 e. The Labute approximate surface area is 210 Å². The number of hydrogen-bond acceptors (Lipinski definition) is 4. The number of carbonyl (C=O) groups is 3. The molecule has 8 heteroatoms. The third-order valence-electron chi connectivity index (χ3n) is 5.69. The monoisotopic (exact) mass is 570 g/mol. The van der Waals surface area contributed by atoms with Gasteiger partial charge in [0.2, 0.25) is 5.91 Å². The quantitative estimate of drug-likeness (QED) is 0.337. The molecule has 2 amide bonds. The Balaban J connectivity index is 1.31. The molecular formula is C26H23IN2O5. The molecule has 0 aromatic heterocycles. The molecule has 174 valence electrons. The Hall–Kier alpha value is -3.40. The van der Waals surface area contributed by atoms with Gasteiger partial charge in [-0.15, -0.1) is 0 Å². The fourth-order valence-electron chi connectivity index (χ4n) is 4.13. The Bertz CT molecular complexity index is 1210. The molecule has 3 aromatic carbocycles. The number of benzene rings is 3. The first-order valence-corrected chi connectivity index (χ1v) is 11.9. The van der Waals surface area contributed by atoms with Crippen LogP contribution >= 0.6 is 22.6 Å². The Morgan fingerprint density at radius 3 is 2.24 bits per heavy atom. The number of halogens is 1. The molecule has 34 heavy (non-hydrogen) atoms. The molecule has 0 saturated heterocycles. The zero-order valence-electron chi connectivity index (χ0n) is 18.4. The maximum Gasteiger partial charge on any atom is 0.407 e. The fourth-order valence-corrected chi connectivity index (χ4v) is 4.60. The summed E-state index contributed by atoms with van der Waals surface area (Å²) in [6, 6.07) is 20.2. The van der Waals surface area contributed by atoms with E-state index < -0.39 is 18.1 Å². The summed E-state index contributed by atoms with van der Waals surface area (Å²) in [5.74, 6) is -1.45. The fraction of sp³-hybridized carbons (Fsp3) is 0.192. The number of hydrogen-bond donors (Lipinski definition) is 3. The molecule has 1 atom stereocenters. The minimum atomic E-state index is -1.07. The Morgan fingerprint density at radius 1 is 1.00 bits per heavy atom. The molecule has 0 aliphatic heterocycles. The minimum Gasteiger partial charge on any atom is -0.478 e. The first-order chi connectivity index (χ1) is 16.3. The van der Waals surface area contributed by atoms with Crippen molar-refractivity contribution in [2.75, 3.05) is 11.9 Å². The zero-order chi connectivity index (χ0) is 24.2. The number of nitrogens with one attached hydrogen (secondary N) is 2. The molecule has 0 unspecified atom stereocenters. The van der Waals surface area contributed by atoms with Gasteiger partial charge < -0.3 is 20.5 Å². The van der Waals surface area contributed by atoms with Crippen molar-refractivity contribution in [3.63, 3.8) is 0 Å². The van der Waals surface area contributed by atoms with Crippen LogP contribution in [0.15, 0.2) is 66.7 Å². The average Bonchev–Trinajstić information content (AvgIpc) is 3.12. The average molecular weight is 570 g/mol. The summed E-state index contributed by atoms with van der Waals surface area (Å²) in [6.45, 7) is 1.90. The van der Waals surface area contributed by atoms with Crippen LogP contribution < -0.4 is 10.6 Å². The highest BCUT2D eigenvalue weighted by Gasteiger charge is 2.29. The van der Waals surface area contributed by atoms with Gasteiger partial charge in [0.15, 0.2) is 0 Å². The van der Waals surface area contributed by atoms with E-state index in [2.05, 4.69) is 34.9 Å². The van der Waals surface area contributed by atoms with Crippen molar-refractivity contribution in [1.82, 2.24) is 5.32 Å². The van der Waals surface area contributed by atoms with Gasteiger partial charge >= 0.3 is 12.1 Å². The van der Waals surface area contributed by atoms with Gasteiger partial charge in [0, 0.05) is 22.0 Å². The van der Waals surface area contributed by atoms with E-state index in [1.807, 2.05) is 46.9 Å². The van der Waals surface area contributed by atoms with Crippen LogP contribution in [-0.2, 0) is 9.53 Å². The highest BCUT2D eigenvalue weighted by atomic mass is 127. The summed E-state index contributed by atoms with van der Waals surface area (Å²) in [5, 5.41) is 14.5. The number of carboxylic acid groups (broad SMARTS) is 1. The number of carboxylic acids is 1. The molecule has 0 spiro atoms. The number of aromatic carboxylic acids is 1. The SMILES string of the molecule is C[C@H](CC(=O)Nc1cc(C(=O)O)ccc1I)NC(=O)OCC1c2ccccc2-c2ccccc21. The maximum absolute atomic E-state index is 12.4. The number of ether oxygens (including phenoxy) is 1. The topological polar surface area (TPSA) is 105 Å². The van der Waals surface area contributed by atoms with Crippen molar-refractivity contribution in [3.8, 4) is 11.1 Å². The second kappa shape index (κ2) is 10.3. The zero-order valence-corrected chi connectivity index (χ0v) is 20.5. The lowest BCUT2D eigenvalue weighted by Crippen LogP contribution is -2.36. The lowest BCUT2D eigenvalue weighted by Gasteiger charge is -2.17. The first-order valence-electron chi connectivity index (χ1n) is 10.8. The molecule has 1 aliphatic rings. The van der Waals surface area contributed by atoms with Gasteiger partial charge in [-0.25, -0.2) is 9.59 Å². The summed E-state index contributed by atoms with van der Waals surface area (Å²) in [7, 11) is 0. The summed E-state index contributed by atoms with van der Waals surface area (Å²) >= 11 is 2.02. The minimum absolute atomic E-state index is 0.0115. The van der Waals surface area contributed by atoms with Crippen molar-refractivity contribution < 1.29 is 24.2 Å². The standard InChI is InChI=1S/C26H23IN2O5/c1-15(12-24(30)29-23-13-16(25(31)32)10-11-22(23)27)28-26(33)34-14-21-19-8-4-2-6-17(19)18-7-3-5-9-20(18)21/h2-11,13,15,21H,12,14H2,1H3,(H,28,33)(H,29,30)(H,31,32)/t15-/m1/s1. The van der Waals surface area contributed by atoms with Crippen LogP contribution in [0.5, 0.6) is 0 Å². The molecule has 0 radical (unpaired) electrons. The third-order valence-corrected chi connectivity index (χ3v) is 6.63. The maximum atomic E-state index is 12.4. The number of carbonyl (C=O) groups excluding carboxylic acids is 2. The van der Waals surface area contributed by atoms with Crippen molar-refractivity contribution in [3.05, 3.63) is 87.0 Å². The molecule has 4 rings (SSSR count). The van der Waals surface area contributed by atoms with E-state index in [9.17, 15) is 14.4 Å². The number of anilines is 1. The van der Waals surface area contributed by atoms with Crippen molar-refractivity contribution in [1.29, 1.82) is 0 Å². The normalized spacial score (nSPS) is 12.9. The molecule has 7 nitrogen and oxygen atoms in total. The third kappa shape index (κ3) is 5.22. The molecule has 0 saturated carbocycles. The number of fused-ring (bicyclic) bond motifs is 3. The van der Waals surface area contributed by atoms with Crippen LogP contribution in [0.3, 0.4) is 0 Å². The van der Waals surface area contributed by atoms with Gasteiger partial charge in [-0.3, -0.25) is 4.79 Å². The van der Waals surface area contributed by atoms with Gasteiger partial charge in [-0.05, 0) is 70.0 Å². The highest BCUT2D eigenvalue weighted by molar-refractivity contribution is 14.1. The molecule has 3 N–H and O–H groups in total. The molecule has 0 fully saturated rings. The predicted octanol–water partition coefficient (Wildman–Crippen LogP) is 5.25. The lowest BCUT2D eigenvalue weighted by molar-refractivity contribution is -0.116. The largest absolute Gasteiger partial charge is 0.478 e. The first kappa shape index (κ1) is 23.7. The molecule has 1 aliphatic carbocycles. The van der Waals surface area contributed by atoms with Gasteiger partial charge in [-0.1, -0.05) is 48.5 Å². The van der Waals surface area contributed by atoms with E-state index in [0.29, 0.717) is 9.26 Å². The summed E-state index contributed by atoms with van der Waals surface area (Å²) in [5.41, 5.74) is 5.06. The highest BCUT2D eigenvalue weighted by Crippen LogP contribution is 2.44. The van der Waals surface area contributed by atoms with Crippen LogP contribution in [0.25, 0.3) is 11.1 Å². The second-order valence-electron chi connectivity index (χ2n) is 8.12. The summed E-state index contributed by atoms with van der Waals surface area (Å²) in [4.78, 5) is 36.0. The van der Waals surface area contributed by atoms with Crippen LogP contribution in [0, 0.1) is 3.57 Å². The van der Waals surface area contributed by atoms with E-state index in [0.717, 1.165) is 22.3 Å². The summed E-state index contributed by atoms with van der Waals surface area (Å²) < 4.78 is 6.24. The van der Waals surface area contributed by atoms with Crippen LogP contribution in [0.1, 0.15) is 40.7 Å². The van der Waals surface area contributed by atoms with Crippen molar-refractivity contribution >= 4 is 46.2 Å². The second-order valence-corrected chi connectivity index (χ2v) is 9.29. The van der Waals surface area contributed by atoms with E-state index in [1.54, 1.807) is 13.0 Å². The van der Waals surface area contributed by atoms with E-state index in [1.165, 1.54) is 12.1 Å². The number of alkyl carbamates (subject to hydrolysis) is 1. The van der Waals surface area contributed by atoms with Crippen molar-refractivity contribution in [2.45, 2.75) is 25.3 Å². The van der Waals surface area contributed by atoms with Gasteiger partial charge in [-0.2, -0.15) is 0 Å². The van der Waals surface area contributed by atoms with Crippen molar-refractivity contribution in [2.24, 2.45) is 0 Å². The van der Waals surface area contributed by atoms with Gasteiger partial charge in [0.05, 0.1) is 11.3 Å². The molecule has 3 aromatic rings. The molecule has 0 bridgehead atoms. The Kier molecular flexibility index (Phi) is 7.16. The van der Waals surface area contributed by atoms with Crippen LogP contribution in [0.2, 0.25) is 0 Å². The van der Waals surface area contributed by atoms with Gasteiger partial charge in [0.1, 0.15) is 6.61 Å².